The molecule has 0 bridgehead atoms. The van der Waals surface area contributed by atoms with Gasteiger partial charge in [-0.2, -0.15) is 0 Å². The first kappa shape index (κ1) is 57.4. The van der Waals surface area contributed by atoms with Crippen molar-refractivity contribution in [2.75, 3.05) is 13.2 Å². The lowest BCUT2D eigenvalue weighted by Crippen LogP contribution is -2.30. The van der Waals surface area contributed by atoms with Crippen molar-refractivity contribution in [3.05, 3.63) is 48.6 Å². The second-order valence-corrected chi connectivity index (χ2v) is 17.1. The van der Waals surface area contributed by atoms with Gasteiger partial charge in [0.1, 0.15) is 13.2 Å². The van der Waals surface area contributed by atoms with Crippen LogP contribution in [0.5, 0.6) is 0 Å². The number of unbranched alkanes of at least 4 members (excludes halogenated alkanes) is 27. The van der Waals surface area contributed by atoms with E-state index in [9.17, 15) is 14.4 Å². The minimum Gasteiger partial charge on any atom is -0.462 e. The van der Waals surface area contributed by atoms with Gasteiger partial charge in [0.25, 0.3) is 0 Å². The van der Waals surface area contributed by atoms with Gasteiger partial charge in [0.05, 0.1) is 0 Å². The van der Waals surface area contributed by atoms with Gasteiger partial charge >= 0.3 is 17.9 Å². The van der Waals surface area contributed by atoms with Crippen molar-refractivity contribution in [2.24, 2.45) is 0 Å². The number of allylic oxidation sites excluding steroid dienone is 8. The molecule has 0 fully saturated rings. The molecule has 60 heavy (non-hydrogen) atoms. The third-order valence-corrected chi connectivity index (χ3v) is 11.1. The highest BCUT2D eigenvalue weighted by Crippen LogP contribution is 2.15. The first-order valence-corrected chi connectivity index (χ1v) is 25.6. The lowest BCUT2D eigenvalue weighted by Gasteiger charge is -2.18. The quantitative estimate of drug-likeness (QED) is 0.0263. The molecule has 0 saturated heterocycles. The van der Waals surface area contributed by atoms with E-state index in [4.69, 9.17) is 14.2 Å². The minimum absolute atomic E-state index is 0.0879. The summed E-state index contributed by atoms with van der Waals surface area (Å²) >= 11 is 0. The van der Waals surface area contributed by atoms with Gasteiger partial charge in [0.2, 0.25) is 0 Å². The molecule has 6 heteroatoms. The molecular formula is C54H96O6. The highest BCUT2D eigenvalue weighted by Gasteiger charge is 2.19. The fraction of sp³-hybridized carbons (Fsp3) is 0.796. The summed E-state index contributed by atoms with van der Waals surface area (Å²) in [6.07, 6.45) is 58.2. The van der Waals surface area contributed by atoms with Crippen LogP contribution in [0.3, 0.4) is 0 Å². The molecule has 6 nitrogen and oxygen atoms in total. The van der Waals surface area contributed by atoms with Crippen LogP contribution in [0.25, 0.3) is 0 Å². The normalized spacial score (nSPS) is 12.4. The van der Waals surface area contributed by atoms with Crippen molar-refractivity contribution in [2.45, 2.75) is 264 Å². The average molecular weight is 841 g/mol. The first-order chi connectivity index (χ1) is 29.5. The third-order valence-electron chi connectivity index (χ3n) is 11.1. The molecule has 0 radical (unpaired) electrons. The maximum atomic E-state index is 12.7. The van der Waals surface area contributed by atoms with Crippen LogP contribution in [0.15, 0.2) is 48.6 Å². The molecule has 0 aromatic rings. The van der Waals surface area contributed by atoms with E-state index in [0.717, 1.165) is 70.6 Å². The summed E-state index contributed by atoms with van der Waals surface area (Å²) in [5, 5.41) is 0. The average Bonchev–Trinajstić information content (AvgIpc) is 3.24. The summed E-state index contributed by atoms with van der Waals surface area (Å²) < 4.78 is 16.7. The lowest BCUT2D eigenvalue weighted by atomic mass is 10.1. The molecule has 0 rings (SSSR count). The summed E-state index contributed by atoms with van der Waals surface area (Å²) in [5.41, 5.74) is 0. The Hall–Kier alpha value is -2.63. The Balaban J connectivity index is 4.34. The fourth-order valence-electron chi connectivity index (χ4n) is 7.22. The predicted octanol–water partition coefficient (Wildman–Crippen LogP) is 16.7. The van der Waals surface area contributed by atoms with Gasteiger partial charge < -0.3 is 14.2 Å². The Labute approximate surface area is 371 Å². The molecule has 0 aliphatic heterocycles. The van der Waals surface area contributed by atoms with Crippen LogP contribution in [0, 0.1) is 0 Å². The monoisotopic (exact) mass is 841 g/mol. The van der Waals surface area contributed by atoms with Crippen LogP contribution in [-0.2, 0) is 28.6 Å². The van der Waals surface area contributed by atoms with Gasteiger partial charge in [-0.1, -0.05) is 211 Å². The first-order valence-electron chi connectivity index (χ1n) is 25.6. The topological polar surface area (TPSA) is 78.9 Å². The molecule has 0 aromatic carbocycles. The predicted molar refractivity (Wildman–Crippen MR) is 256 cm³/mol. The Kier molecular flexibility index (Phi) is 46.9. The number of esters is 3. The van der Waals surface area contributed by atoms with E-state index in [-0.39, 0.29) is 37.5 Å². The van der Waals surface area contributed by atoms with Crippen LogP contribution in [0.2, 0.25) is 0 Å². The fourth-order valence-corrected chi connectivity index (χ4v) is 7.22. The van der Waals surface area contributed by atoms with E-state index in [1.54, 1.807) is 0 Å². The number of carbonyl (C=O) groups is 3. The summed E-state index contributed by atoms with van der Waals surface area (Å²) in [5.74, 6) is -0.927. The molecule has 0 saturated carbocycles. The van der Waals surface area contributed by atoms with Gasteiger partial charge in [-0.3, -0.25) is 14.4 Å². The van der Waals surface area contributed by atoms with Gasteiger partial charge in [0, 0.05) is 19.3 Å². The van der Waals surface area contributed by atoms with E-state index in [1.165, 1.54) is 141 Å². The minimum atomic E-state index is -0.790. The van der Waals surface area contributed by atoms with Crippen molar-refractivity contribution in [3.8, 4) is 0 Å². The Morgan fingerprint density at radius 3 is 1.07 bits per heavy atom. The maximum Gasteiger partial charge on any atom is 0.306 e. The zero-order chi connectivity index (χ0) is 43.7. The van der Waals surface area contributed by atoms with Crippen molar-refractivity contribution in [1.29, 1.82) is 0 Å². The van der Waals surface area contributed by atoms with Crippen molar-refractivity contribution >= 4 is 17.9 Å². The van der Waals surface area contributed by atoms with Gasteiger partial charge in [-0.05, 0) is 77.0 Å². The third kappa shape index (κ3) is 46.4. The van der Waals surface area contributed by atoms with Crippen molar-refractivity contribution in [1.82, 2.24) is 0 Å². The number of hydrogen-bond donors (Lipinski definition) is 0. The molecule has 0 aromatic heterocycles. The number of carbonyl (C=O) groups excluding carboxylic acids is 3. The van der Waals surface area contributed by atoms with Crippen molar-refractivity contribution in [3.63, 3.8) is 0 Å². The van der Waals surface area contributed by atoms with Crippen molar-refractivity contribution < 1.29 is 28.6 Å². The second-order valence-electron chi connectivity index (χ2n) is 17.1. The Morgan fingerprint density at radius 1 is 0.350 bits per heavy atom. The highest BCUT2D eigenvalue weighted by molar-refractivity contribution is 5.71. The zero-order valence-corrected chi connectivity index (χ0v) is 39.7. The standard InChI is InChI=1S/C54H96O6/c1-4-7-10-13-16-19-22-24-25-26-27-28-29-30-33-35-38-41-44-47-53(56)59-50-51(49-58-52(55)46-43-40-37-34-31-21-18-15-12-9-6-3)60-54(57)48-45-42-39-36-32-23-20-17-14-11-8-5-2/h8,11,17,20,26-27,32,36,51H,4-7,9-10,12-16,18-19,21-25,28-31,33-35,37-50H2,1-3H3/b11-8-,20-17-,27-26-,36-32-. The summed E-state index contributed by atoms with van der Waals surface area (Å²) in [6, 6.07) is 0. The SMILES string of the molecule is CC/C=C\C/C=C\C/C=C\CCCCC(=O)OC(COC(=O)CCCCCCCCC/C=C\CCCCCCCCCC)COC(=O)CCCCCCCCCCCCC. The molecule has 0 aliphatic carbocycles. The summed E-state index contributed by atoms with van der Waals surface area (Å²) in [4.78, 5) is 37.9. The molecular weight excluding hydrogens is 745 g/mol. The number of ether oxygens (including phenoxy) is 3. The highest BCUT2D eigenvalue weighted by atomic mass is 16.6. The molecule has 348 valence electrons. The second kappa shape index (κ2) is 49.0. The summed E-state index contributed by atoms with van der Waals surface area (Å²) in [6.45, 7) is 6.49. The smallest absolute Gasteiger partial charge is 0.306 e. The Bertz CT molecular complexity index is 1060. The molecule has 1 atom stereocenters. The Morgan fingerprint density at radius 2 is 0.650 bits per heavy atom. The zero-order valence-electron chi connectivity index (χ0n) is 39.7. The van der Waals surface area contributed by atoms with Crippen LogP contribution in [0.1, 0.15) is 258 Å². The van der Waals surface area contributed by atoms with E-state index in [1.807, 2.05) is 0 Å². The molecule has 0 aliphatic rings. The molecule has 0 spiro atoms. The molecule has 0 amide bonds. The number of rotatable bonds is 46. The van der Waals surface area contributed by atoms with E-state index in [2.05, 4.69) is 69.4 Å². The molecule has 0 N–H and O–H groups in total. The molecule has 1 unspecified atom stereocenters. The van der Waals surface area contributed by atoms with Gasteiger partial charge in [-0.15, -0.1) is 0 Å². The van der Waals surface area contributed by atoms with E-state index >= 15 is 0 Å². The number of hydrogen-bond acceptors (Lipinski definition) is 6. The molecule has 0 heterocycles. The van der Waals surface area contributed by atoms with Gasteiger partial charge in [0.15, 0.2) is 6.10 Å². The van der Waals surface area contributed by atoms with Crippen LogP contribution >= 0.6 is 0 Å². The van der Waals surface area contributed by atoms with E-state index in [0.29, 0.717) is 19.3 Å². The van der Waals surface area contributed by atoms with Crippen LogP contribution in [-0.4, -0.2) is 37.2 Å². The van der Waals surface area contributed by atoms with E-state index < -0.39 is 6.10 Å². The maximum absolute atomic E-state index is 12.7. The van der Waals surface area contributed by atoms with Gasteiger partial charge in [-0.25, -0.2) is 0 Å². The van der Waals surface area contributed by atoms with Crippen LogP contribution < -0.4 is 0 Å². The summed E-state index contributed by atoms with van der Waals surface area (Å²) in [7, 11) is 0. The lowest BCUT2D eigenvalue weighted by molar-refractivity contribution is -0.167. The largest absolute Gasteiger partial charge is 0.462 e. The van der Waals surface area contributed by atoms with Crippen LogP contribution in [0.4, 0.5) is 0 Å².